The van der Waals surface area contributed by atoms with Crippen LogP contribution in [0.25, 0.3) is 0 Å². The third kappa shape index (κ3) is 4.63. The standard InChI is InChI=1S/C25H24N4O3S2/c1-14(33-25-29-28-24(34-25)27-15-7-3-2-4-8-15)23(32)26-16-11-12-19-20(13-16)22(31)18-10-6-5-9-17(18)21(19)30/h5-6,9-15H,2-4,7-8H2,1H3,(H,26,32)(H,27,28)/t14-/m0/s1. The maximum absolute atomic E-state index is 12.9. The molecule has 2 N–H and O–H groups in total. The summed E-state index contributed by atoms with van der Waals surface area (Å²) in [5, 5.41) is 15.1. The van der Waals surface area contributed by atoms with Crippen molar-refractivity contribution < 1.29 is 14.4 Å². The highest BCUT2D eigenvalue weighted by molar-refractivity contribution is 8.02. The van der Waals surface area contributed by atoms with E-state index in [1.54, 1.807) is 49.4 Å². The second-order valence-electron chi connectivity index (χ2n) is 8.57. The molecular weight excluding hydrogens is 468 g/mol. The first-order valence-electron chi connectivity index (χ1n) is 11.4. The number of aromatic nitrogens is 2. The molecule has 2 aliphatic rings. The summed E-state index contributed by atoms with van der Waals surface area (Å²) in [5.41, 5.74) is 1.95. The molecule has 3 aromatic rings. The van der Waals surface area contributed by atoms with Crippen LogP contribution < -0.4 is 10.6 Å². The van der Waals surface area contributed by atoms with Gasteiger partial charge in [0.1, 0.15) is 0 Å². The third-order valence-corrected chi connectivity index (χ3v) is 8.22. The van der Waals surface area contributed by atoms with Gasteiger partial charge in [0.05, 0.1) is 5.25 Å². The zero-order valence-electron chi connectivity index (χ0n) is 18.7. The van der Waals surface area contributed by atoms with Gasteiger partial charge in [-0.05, 0) is 38.0 Å². The predicted molar refractivity (Wildman–Crippen MR) is 134 cm³/mol. The molecule has 34 heavy (non-hydrogen) atoms. The zero-order valence-corrected chi connectivity index (χ0v) is 20.3. The molecule has 7 nitrogen and oxygen atoms in total. The van der Waals surface area contributed by atoms with Crippen molar-refractivity contribution in [3.63, 3.8) is 0 Å². The van der Waals surface area contributed by atoms with Crippen LogP contribution in [-0.2, 0) is 4.79 Å². The minimum atomic E-state index is -0.412. The number of ketones is 2. The highest BCUT2D eigenvalue weighted by Gasteiger charge is 2.29. The Morgan fingerprint density at radius 2 is 1.65 bits per heavy atom. The van der Waals surface area contributed by atoms with Crippen molar-refractivity contribution in [3.8, 4) is 0 Å². The average Bonchev–Trinajstić information content (AvgIpc) is 3.29. The molecule has 2 aromatic carbocycles. The van der Waals surface area contributed by atoms with E-state index in [0.29, 0.717) is 34.0 Å². The van der Waals surface area contributed by atoms with Gasteiger partial charge in [0.15, 0.2) is 15.9 Å². The molecule has 0 saturated heterocycles. The van der Waals surface area contributed by atoms with Crippen molar-refractivity contribution in [1.29, 1.82) is 0 Å². The van der Waals surface area contributed by atoms with E-state index in [-0.39, 0.29) is 17.5 Å². The van der Waals surface area contributed by atoms with Crippen molar-refractivity contribution >= 4 is 51.4 Å². The number of carbonyl (C=O) groups is 3. The summed E-state index contributed by atoms with van der Waals surface area (Å²) >= 11 is 2.80. The van der Waals surface area contributed by atoms with E-state index in [9.17, 15) is 14.4 Å². The number of nitrogens with zero attached hydrogens (tertiary/aromatic N) is 2. The van der Waals surface area contributed by atoms with E-state index in [0.717, 1.165) is 22.3 Å². The average molecular weight is 493 g/mol. The minimum absolute atomic E-state index is 0.180. The Labute approximate surface area is 205 Å². The summed E-state index contributed by atoms with van der Waals surface area (Å²) in [7, 11) is 0. The highest BCUT2D eigenvalue weighted by atomic mass is 32.2. The van der Waals surface area contributed by atoms with Gasteiger partial charge in [0.25, 0.3) is 0 Å². The van der Waals surface area contributed by atoms with E-state index in [1.165, 1.54) is 42.4 Å². The van der Waals surface area contributed by atoms with Gasteiger partial charge in [-0.3, -0.25) is 14.4 Å². The SMILES string of the molecule is C[C@H](Sc1nnc(NC2CCCCC2)s1)C(=O)Nc1ccc2c(c1)C(=O)c1ccccc1C2=O. The van der Waals surface area contributed by atoms with Crippen molar-refractivity contribution in [2.45, 2.75) is 54.7 Å². The van der Waals surface area contributed by atoms with Gasteiger partial charge in [-0.1, -0.05) is 66.6 Å². The molecule has 0 bridgehead atoms. The summed E-state index contributed by atoms with van der Waals surface area (Å²) in [6.45, 7) is 1.80. The first kappa shape index (κ1) is 22.7. The first-order valence-corrected chi connectivity index (χ1v) is 13.1. The smallest absolute Gasteiger partial charge is 0.237 e. The maximum atomic E-state index is 12.9. The van der Waals surface area contributed by atoms with E-state index in [2.05, 4.69) is 20.8 Å². The maximum Gasteiger partial charge on any atom is 0.237 e. The number of benzene rings is 2. The van der Waals surface area contributed by atoms with Crippen LogP contribution in [0.2, 0.25) is 0 Å². The molecule has 174 valence electrons. The number of hydrogen-bond donors (Lipinski definition) is 2. The van der Waals surface area contributed by atoms with E-state index < -0.39 is 5.25 Å². The molecule has 0 aliphatic heterocycles. The van der Waals surface area contributed by atoms with Crippen LogP contribution in [0.1, 0.15) is 70.9 Å². The monoisotopic (exact) mass is 492 g/mol. The molecule has 9 heteroatoms. The lowest BCUT2D eigenvalue weighted by atomic mass is 9.84. The summed E-state index contributed by atoms with van der Waals surface area (Å²) in [4.78, 5) is 38.5. The van der Waals surface area contributed by atoms with Crippen LogP contribution in [0.4, 0.5) is 10.8 Å². The summed E-state index contributed by atoms with van der Waals surface area (Å²) in [6.07, 6.45) is 6.08. The second kappa shape index (κ2) is 9.68. The van der Waals surface area contributed by atoms with E-state index in [4.69, 9.17) is 0 Å². The Hall–Kier alpha value is -3.04. The molecule has 0 spiro atoms. The van der Waals surface area contributed by atoms with Gasteiger partial charge >= 0.3 is 0 Å². The Balaban J connectivity index is 1.23. The molecule has 0 radical (unpaired) electrons. The summed E-state index contributed by atoms with van der Waals surface area (Å²) in [5.74, 6) is -0.603. The molecule has 2 aliphatic carbocycles. The Morgan fingerprint density at radius 3 is 2.38 bits per heavy atom. The number of hydrogen-bond acceptors (Lipinski definition) is 8. The second-order valence-corrected chi connectivity index (χ2v) is 11.1. The number of amides is 1. The quantitative estimate of drug-likeness (QED) is 0.358. The summed E-state index contributed by atoms with van der Waals surface area (Å²) < 4.78 is 0.726. The Morgan fingerprint density at radius 1 is 0.971 bits per heavy atom. The Bertz CT molecular complexity index is 1270. The normalized spacial score (nSPS) is 16.5. The number of anilines is 2. The van der Waals surface area contributed by atoms with Gasteiger partial charge in [0, 0.05) is 34.0 Å². The molecule has 1 fully saturated rings. The van der Waals surface area contributed by atoms with Crippen molar-refractivity contribution in [3.05, 3.63) is 64.7 Å². The van der Waals surface area contributed by atoms with Crippen LogP contribution >= 0.6 is 23.1 Å². The number of nitrogens with one attached hydrogen (secondary N) is 2. The van der Waals surface area contributed by atoms with E-state index >= 15 is 0 Å². The van der Waals surface area contributed by atoms with E-state index in [1.807, 2.05) is 0 Å². The van der Waals surface area contributed by atoms with Crippen molar-refractivity contribution in [2.24, 2.45) is 0 Å². The van der Waals surface area contributed by atoms with Crippen LogP contribution in [0.5, 0.6) is 0 Å². The lowest BCUT2D eigenvalue weighted by molar-refractivity contribution is -0.115. The first-order chi connectivity index (χ1) is 16.5. The van der Waals surface area contributed by atoms with Crippen molar-refractivity contribution in [2.75, 3.05) is 10.6 Å². The molecule has 0 unspecified atom stereocenters. The fourth-order valence-electron chi connectivity index (χ4n) is 4.36. The zero-order chi connectivity index (χ0) is 23.7. The van der Waals surface area contributed by atoms with Gasteiger partial charge in [-0.25, -0.2) is 0 Å². The number of carbonyl (C=O) groups excluding carboxylic acids is 3. The number of rotatable bonds is 6. The Kier molecular flexibility index (Phi) is 6.47. The van der Waals surface area contributed by atoms with Gasteiger partial charge in [0.2, 0.25) is 11.0 Å². The van der Waals surface area contributed by atoms with Gasteiger partial charge in [-0.15, -0.1) is 10.2 Å². The lowest BCUT2D eigenvalue weighted by Crippen LogP contribution is -2.24. The predicted octanol–water partition coefficient (Wildman–Crippen LogP) is 5.18. The molecule has 1 aromatic heterocycles. The molecule has 1 heterocycles. The summed E-state index contributed by atoms with van der Waals surface area (Å²) in [6, 6.07) is 12.1. The third-order valence-electron chi connectivity index (χ3n) is 6.18. The van der Waals surface area contributed by atoms with Crippen LogP contribution in [0.15, 0.2) is 46.8 Å². The van der Waals surface area contributed by atoms with Crippen LogP contribution in [0.3, 0.4) is 0 Å². The molecular formula is C25H24N4O3S2. The van der Waals surface area contributed by atoms with Gasteiger partial charge in [-0.2, -0.15) is 0 Å². The van der Waals surface area contributed by atoms with Crippen LogP contribution in [-0.4, -0.2) is 39.0 Å². The number of thioether (sulfide) groups is 1. The number of fused-ring (bicyclic) bond motifs is 2. The molecule has 1 amide bonds. The topological polar surface area (TPSA) is 101 Å². The van der Waals surface area contributed by atoms with Gasteiger partial charge < -0.3 is 10.6 Å². The molecule has 1 saturated carbocycles. The molecule has 5 rings (SSSR count). The largest absolute Gasteiger partial charge is 0.357 e. The van der Waals surface area contributed by atoms with Crippen LogP contribution in [0, 0.1) is 0 Å². The fraction of sp³-hybridized carbons (Fsp3) is 0.320. The minimum Gasteiger partial charge on any atom is -0.357 e. The van der Waals surface area contributed by atoms with Crippen molar-refractivity contribution in [1.82, 2.24) is 10.2 Å². The highest BCUT2D eigenvalue weighted by Crippen LogP contribution is 2.32. The lowest BCUT2D eigenvalue weighted by Gasteiger charge is -2.21. The fourth-order valence-corrected chi connectivity index (χ4v) is 6.34. The molecule has 1 atom stereocenters.